The fourth-order valence-electron chi connectivity index (χ4n) is 3.75. The summed E-state index contributed by atoms with van der Waals surface area (Å²) in [7, 11) is 1.54. The van der Waals surface area contributed by atoms with Gasteiger partial charge in [0, 0.05) is 36.7 Å². The largest absolute Gasteiger partial charge is 0.355 e. The van der Waals surface area contributed by atoms with Crippen LogP contribution in [0.25, 0.3) is 17.3 Å². The lowest BCUT2D eigenvalue weighted by molar-refractivity contribution is -0.117. The number of hydrogen-bond donors (Lipinski definition) is 2. The van der Waals surface area contributed by atoms with Crippen molar-refractivity contribution in [3.8, 4) is 5.69 Å². The van der Waals surface area contributed by atoms with E-state index in [4.69, 9.17) is 0 Å². The van der Waals surface area contributed by atoms with Gasteiger partial charge in [0.2, 0.25) is 5.91 Å². The molecule has 1 saturated carbocycles. The van der Waals surface area contributed by atoms with Crippen LogP contribution >= 0.6 is 0 Å². The predicted octanol–water partition coefficient (Wildman–Crippen LogP) is 2.61. The zero-order valence-corrected chi connectivity index (χ0v) is 16.7. The number of pyridine rings is 1. The van der Waals surface area contributed by atoms with Gasteiger partial charge in [-0.1, -0.05) is 12.1 Å². The highest BCUT2D eigenvalue weighted by Crippen LogP contribution is 2.39. The number of fused-ring (bicyclic) bond motifs is 1. The number of amides is 2. The third kappa shape index (κ3) is 3.37. The van der Waals surface area contributed by atoms with Crippen molar-refractivity contribution in [3.63, 3.8) is 0 Å². The van der Waals surface area contributed by atoms with E-state index in [1.807, 2.05) is 0 Å². The Labute approximate surface area is 177 Å². The summed E-state index contributed by atoms with van der Waals surface area (Å²) in [6.07, 6.45) is 8.26. The Balaban J connectivity index is 1.57. The quantitative estimate of drug-likeness (QED) is 0.663. The number of anilines is 1. The molecule has 0 bridgehead atoms. The van der Waals surface area contributed by atoms with Crippen LogP contribution in [0.3, 0.4) is 0 Å². The summed E-state index contributed by atoms with van der Waals surface area (Å²) in [5, 5.41) is 13.5. The lowest BCUT2D eigenvalue weighted by Crippen LogP contribution is -2.21. The van der Waals surface area contributed by atoms with Crippen molar-refractivity contribution >= 4 is 29.3 Å². The van der Waals surface area contributed by atoms with Gasteiger partial charge in [0.1, 0.15) is 11.5 Å². The van der Waals surface area contributed by atoms with Gasteiger partial charge >= 0.3 is 0 Å². The molecule has 2 aromatic heterocycles. The first-order valence-corrected chi connectivity index (χ1v) is 9.97. The van der Waals surface area contributed by atoms with E-state index in [0.717, 1.165) is 12.8 Å². The fraction of sp³-hybridized carbons (Fsp3) is 0.227. The first-order valence-electron chi connectivity index (χ1n) is 9.97. The average molecular weight is 418 g/mol. The summed E-state index contributed by atoms with van der Waals surface area (Å²) < 4.78 is 15.4. The fourth-order valence-corrected chi connectivity index (χ4v) is 3.75. The highest BCUT2D eigenvalue weighted by molar-refractivity contribution is 6.04. The van der Waals surface area contributed by atoms with E-state index < -0.39 is 5.82 Å². The number of nitrogens with zero attached hydrogens (tertiary/aromatic N) is 4. The molecule has 2 amide bonds. The zero-order chi connectivity index (χ0) is 21.5. The number of allylic oxidation sites excluding steroid dienone is 1. The van der Waals surface area contributed by atoms with Gasteiger partial charge in [0.15, 0.2) is 5.82 Å². The topological polar surface area (TPSA) is 102 Å². The normalized spacial score (nSPS) is 14.7. The molecule has 2 aliphatic carbocycles. The van der Waals surface area contributed by atoms with Gasteiger partial charge in [-0.05, 0) is 36.1 Å². The minimum atomic E-state index is -0.462. The van der Waals surface area contributed by atoms with Crippen molar-refractivity contribution in [2.45, 2.75) is 19.3 Å². The van der Waals surface area contributed by atoms with E-state index in [0.29, 0.717) is 40.1 Å². The van der Waals surface area contributed by atoms with Crippen LogP contribution in [0.1, 0.15) is 39.9 Å². The van der Waals surface area contributed by atoms with Crippen LogP contribution in [0, 0.1) is 11.7 Å². The molecule has 8 nitrogen and oxygen atoms in total. The number of hydrogen-bond acceptors (Lipinski definition) is 5. The van der Waals surface area contributed by atoms with Crippen LogP contribution in [0.15, 0.2) is 36.8 Å². The Kier molecular flexibility index (Phi) is 4.58. The van der Waals surface area contributed by atoms with Gasteiger partial charge in [-0.2, -0.15) is 10.2 Å². The molecule has 2 N–H and O–H groups in total. The van der Waals surface area contributed by atoms with Crippen LogP contribution in [0.4, 0.5) is 10.2 Å². The summed E-state index contributed by atoms with van der Waals surface area (Å²) in [6.45, 7) is 0. The molecular weight excluding hydrogens is 399 g/mol. The molecule has 156 valence electrons. The molecule has 5 rings (SSSR count). The minimum absolute atomic E-state index is 0.0144. The third-order valence-corrected chi connectivity index (χ3v) is 5.53. The van der Waals surface area contributed by atoms with Crippen LogP contribution in [0.2, 0.25) is 0 Å². The Morgan fingerprint density at radius 3 is 2.68 bits per heavy atom. The second-order valence-corrected chi connectivity index (χ2v) is 7.56. The lowest BCUT2D eigenvalue weighted by atomic mass is 10.0. The van der Waals surface area contributed by atoms with Crippen molar-refractivity contribution in [2.24, 2.45) is 5.92 Å². The van der Waals surface area contributed by atoms with Crippen molar-refractivity contribution in [1.29, 1.82) is 0 Å². The molecular formula is C22H19FN6O2. The van der Waals surface area contributed by atoms with Crippen LogP contribution in [-0.2, 0) is 11.2 Å². The van der Waals surface area contributed by atoms with E-state index in [-0.39, 0.29) is 23.4 Å². The number of carbonyl (C=O) groups excluding carboxylic acids is 2. The first-order chi connectivity index (χ1) is 15.1. The van der Waals surface area contributed by atoms with E-state index in [1.54, 1.807) is 24.3 Å². The van der Waals surface area contributed by atoms with Crippen LogP contribution in [-0.4, -0.2) is 38.8 Å². The van der Waals surface area contributed by atoms with Gasteiger partial charge < -0.3 is 10.6 Å². The number of nitrogens with one attached hydrogen (secondary N) is 2. The second kappa shape index (κ2) is 7.42. The molecule has 0 spiro atoms. The minimum Gasteiger partial charge on any atom is -0.355 e. The number of rotatable bonds is 5. The lowest BCUT2D eigenvalue weighted by Gasteiger charge is -2.12. The number of carbonyl (C=O) groups is 2. The number of halogens is 1. The first kappa shape index (κ1) is 19.1. The monoisotopic (exact) mass is 418 g/mol. The summed E-state index contributed by atoms with van der Waals surface area (Å²) >= 11 is 0. The van der Waals surface area contributed by atoms with Crippen LogP contribution < -0.4 is 10.6 Å². The summed E-state index contributed by atoms with van der Waals surface area (Å²) in [5.74, 6) is -0.405. The molecule has 9 heteroatoms. The molecule has 0 atom stereocenters. The highest BCUT2D eigenvalue weighted by atomic mass is 19.1. The van der Waals surface area contributed by atoms with Gasteiger partial charge in [0.25, 0.3) is 5.91 Å². The highest BCUT2D eigenvalue weighted by Gasteiger charge is 2.32. The van der Waals surface area contributed by atoms with E-state index in [1.165, 1.54) is 30.4 Å². The van der Waals surface area contributed by atoms with E-state index in [9.17, 15) is 9.59 Å². The smallest absolute Gasteiger partial charge is 0.253 e. The summed E-state index contributed by atoms with van der Waals surface area (Å²) in [6, 6.07) is 5.00. The molecule has 0 saturated heterocycles. The van der Waals surface area contributed by atoms with Crippen molar-refractivity contribution in [1.82, 2.24) is 25.3 Å². The van der Waals surface area contributed by atoms with Gasteiger partial charge in [0.05, 0.1) is 18.0 Å². The van der Waals surface area contributed by atoms with Crippen molar-refractivity contribution in [2.75, 3.05) is 12.4 Å². The Morgan fingerprint density at radius 1 is 1.19 bits per heavy atom. The van der Waals surface area contributed by atoms with Gasteiger partial charge in [-0.25, -0.2) is 9.37 Å². The summed E-state index contributed by atoms with van der Waals surface area (Å²) in [5.41, 5.74) is 3.01. The second-order valence-electron chi connectivity index (χ2n) is 7.56. The molecule has 1 fully saturated rings. The predicted molar refractivity (Wildman–Crippen MR) is 112 cm³/mol. The average Bonchev–Trinajstić information content (AvgIpc) is 3.30. The molecule has 3 aromatic rings. The Morgan fingerprint density at radius 2 is 1.97 bits per heavy atom. The zero-order valence-electron chi connectivity index (χ0n) is 16.7. The van der Waals surface area contributed by atoms with Crippen molar-refractivity contribution < 1.29 is 14.0 Å². The van der Waals surface area contributed by atoms with Crippen LogP contribution in [0.5, 0.6) is 0 Å². The summed E-state index contributed by atoms with van der Waals surface area (Å²) in [4.78, 5) is 30.2. The maximum atomic E-state index is 15.4. The maximum Gasteiger partial charge on any atom is 0.253 e. The molecule has 0 unspecified atom stereocenters. The van der Waals surface area contributed by atoms with Gasteiger partial charge in [-0.3, -0.25) is 9.59 Å². The Hall–Kier alpha value is -3.88. The van der Waals surface area contributed by atoms with E-state index >= 15 is 4.39 Å². The van der Waals surface area contributed by atoms with Gasteiger partial charge in [-0.15, -0.1) is 4.80 Å². The standard InChI is InChI=1S/C22H19FN6O2/c1-24-22(31)17-11-25-20(28-21(30)12-5-6-12)16-10-13(9-15(16)17)14-3-2-4-18(19(14)23)29-26-7-8-27-29/h2-4,7-9,11-12H,5-6,10H2,1H3,(H,24,31)(H,25,28,30). The molecule has 2 aliphatic rings. The molecule has 31 heavy (non-hydrogen) atoms. The molecule has 0 aliphatic heterocycles. The Bertz CT molecular complexity index is 1230. The molecule has 2 heterocycles. The van der Waals surface area contributed by atoms with E-state index in [2.05, 4.69) is 25.8 Å². The maximum absolute atomic E-state index is 15.4. The number of aromatic nitrogens is 4. The SMILES string of the molecule is CNC(=O)c1cnc(NC(=O)C2CC2)c2c1C=C(c1cccc(-n3nccn3)c1F)C2. The molecule has 1 aromatic carbocycles. The number of benzene rings is 1. The molecule has 0 radical (unpaired) electrons. The third-order valence-electron chi connectivity index (χ3n) is 5.53. The van der Waals surface area contributed by atoms with Crippen molar-refractivity contribution in [3.05, 3.63) is 64.9 Å².